The van der Waals surface area contributed by atoms with Gasteiger partial charge in [-0.25, -0.2) is 25.5 Å². The molecular formula is C21H26FN3O5S2. The van der Waals surface area contributed by atoms with Crippen molar-refractivity contribution in [3.8, 4) is 0 Å². The fraction of sp³-hybridized carbons (Fsp3) is 0.381. The number of nitrogens with one attached hydrogen (secondary N) is 1. The minimum Gasteiger partial charge on any atom is -0.352 e. The maximum Gasteiger partial charge on any atom is 0.243 e. The highest BCUT2D eigenvalue weighted by Crippen LogP contribution is 2.24. The summed E-state index contributed by atoms with van der Waals surface area (Å²) in [5.74, 6) is -1.30. The van der Waals surface area contributed by atoms with E-state index in [-0.39, 0.29) is 28.8 Å². The molecule has 174 valence electrons. The molecule has 1 N–H and O–H groups in total. The summed E-state index contributed by atoms with van der Waals surface area (Å²) >= 11 is 0. The molecule has 1 saturated heterocycles. The molecule has 1 heterocycles. The van der Waals surface area contributed by atoms with Gasteiger partial charge in [-0.05, 0) is 54.8 Å². The van der Waals surface area contributed by atoms with Crippen LogP contribution >= 0.6 is 0 Å². The summed E-state index contributed by atoms with van der Waals surface area (Å²) in [4.78, 5) is 12.8. The van der Waals surface area contributed by atoms with Crippen molar-refractivity contribution in [1.29, 1.82) is 0 Å². The van der Waals surface area contributed by atoms with Crippen molar-refractivity contribution in [3.05, 3.63) is 59.9 Å². The highest BCUT2D eigenvalue weighted by molar-refractivity contribution is 7.89. The number of piperidine rings is 1. The lowest BCUT2D eigenvalue weighted by Gasteiger charge is -2.31. The van der Waals surface area contributed by atoms with E-state index in [0.29, 0.717) is 19.4 Å². The molecule has 1 aliphatic heterocycles. The van der Waals surface area contributed by atoms with Crippen LogP contribution in [0.4, 0.5) is 4.39 Å². The summed E-state index contributed by atoms with van der Waals surface area (Å²) in [6.45, 7) is 0.541. The molecule has 0 radical (unpaired) electrons. The molecule has 2 aromatic rings. The molecule has 11 heteroatoms. The van der Waals surface area contributed by atoms with E-state index in [1.165, 1.54) is 42.7 Å². The van der Waals surface area contributed by atoms with Gasteiger partial charge in [-0.15, -0.1) is 0 Å². The molecule has 2 aromatic carbocycles. The molecule has 32 heavy (non-hydrogen) atoms. The lowest BCUT2D eigenvalue weighted by Crippen LogP contribution is -2.45. The zero-order valence-corrected chi connectivity index (χ0v) is 19.5. The minimum atomic E-state index is -3.81. The first kappa shape index (κ1) is 24.3. The first-order chi connectivity index (χ1) is 15.0. The predicted molar refractivity (Wildman–Crippen MR) is 117 cm³/mol. The highest BCUT2D eigenvalue weighted by Gasteiger charge is 2.33. The number of rotatable bonds is 7. The van der Waals surface area contributed by atoms with E-state index >= 15 is 0 Å². The van der Waals surface area contributed by atoms with Crippen LogP contribution in [0.3, 0.4) is 0 Å². The molecule has 0 saturated carbocycles. The first-order valence-corrected chi connectivity index (χ1v) is 12.9. The fourth-order valence-electron chi connectivity index (χ4n) is 3.45. The van der Waals surface area contributed by atoms with Gasteiger partial charge in [-0.1, -0.05) is 12.1 Å². The van der Waals surface area contributed by atoms with E-state index in [2.05, 4.69) is 5.32 Å². The quantitative estimate of drug-likeness (QED) is 0.647. The first-order valence-electron chi connectivity index (χ1n) is 10.1. The van der Waals surface area contributed by atoms with Crippen LogP contribution < -0.4 is 5.32 Å². The predicted octanol–water partition coefficient (Wildman–Crippen LogP) is 1.79. The van der Waals surface area contributed by atoms with Crippen LogP contribution in [-0.2, 0) is 31.4 Å². The van der Waals surface area contributed by atoms with Gasteiger partial charge in [-0.2, -0.15) is 4.31 Å². The van der Waals surface area contributed by atoms with Crippen molar-refractivity contribution in [2.75, 3.05) is 27.2 Å². The van der Waals surface area contributed by atoms with E-state index in [0.717, 1.165) is 22.0 Å². The van der Waals surface area contributed by atoms with Gasteiger partial charge in [-0.3, -0.25) is 4.79 Å². The monoisotopic (exact) mass is 483 g/mol. The maximum absolute atomic E-state index is 13.1. The zero-order valence-electron chi connectivity index (χ0n) is 17.9. The number of sulfonamides is 2. The van der Waals surface area contributed by atoms with Crippen LogP contribution in [0.25, 0.3) is 0 Å². The van der Waals surface area contributed by atoms with Crippen molar-refractivity contribution in [3.63, 3.8) is 0 Å². The van der Waals surface area contributed by atoms with E-state index < -0.39 is 31.8 Å². The van der Waals surface area contributed by atoms with Gasteiger partial charge < -0.3 is 5.32 Å². The Kier molecular flexibility index (Phi) is 7.33. The average Bonchev–Trinajstić information content (AvgIpc) is 2.78. The number of carbonyl (C=O) groups excluding carboxylic acids is 1. The molecular weight excluding hydrogens is 457 g/mol. The van der Waals surface area contributed by atoms with Crippen LogP contribution in [0.2, 0.25) is 0 Å². The van der Waals surface area contributed by atoms with Crippen molar-refractivity contribution in [1.82, 2.24) is 13.9 Å². The van der Waals surface area contributed by atoms with E-state index in [4.69, 9.17) is 0 Å². The molecule has 3 rings (SSSR count). The molecule has 0 aliphatic carbocycles. The van der Waals surface area contributed by atoms with Crippen molar-refractivity contribution < 1.29 is 26.0 Å². The number of hydrogen-bond donors (Lipinski definition) is 1. The van der Waals surface area contributed by atoms with E-state index in [1.807, 2.05) is 0 Å². The molecule has 1 fully saturated rings. The largest absolute Gasteiger partial charge is 0.352 e. The van der Waals surface area contributed by atoms with Gasteiger partial charge in [0, 0.05) is 33.7 Å². The van der Waals surface area contributed by atoms with Crippen LogP contribution in [0.5, 0.6) is 0 Å². The normalized spacial score (nSPS) is 17.9. The Balaban J connectivity index is 1.61. The van der Waals surface area contributed by atoms with Crippen molar-refractivity contribution >= 4 is 26.0 Å². The van der Waals surface area contributed by atoms with Gasteiger partial charge in [0.1, 0.15) is 5.82 Å². The summed E-state index contributed by atoms with van der Waals surface area (Å²) in [6, 6.07) is 10.8. The topological polar surface area (TPSA) is 104 Å². The molecule has 0 aromatic heterocycles. The zero-order chi connectivity index (χ0) is 23.5. The van der Waals surface area contributed by atoms with Gasteiger partial charge in [0.25, 0.3) is 0 Å². The number of halogens is 1. The maximum atomic E-state index is 13.1. The molecule has 1 amide bonds. The number of amides is 1. The Morgan fingerprint density at radius 2 is 1.62 bits per heavy atom. The lowest BCUT2D eigenvalue weighted by molar-refractivity contribution is -0.126. The Morgan fingerprint density at radius 1 is 1.03 bits per heavy atom. The Hall–Kier alpha value is -2.34. The highest BCUT2D eigenvalue weighted by atomic mass is 32.2. The number of benzene rings is 2. The molecule has 1 atom stereocenters. The number of hydrogen-bond acceptors (Lipinski definition) is 5. The van der Waals surface area contributed by atoms with Crippen LogP contribution in [0.1, 0.15) is 18.4 Å². The molecule has 8 nitrogen and oxygen atoms in total. The minimum absolute atomic E-state index is 0.00674. The third-order valence-corrected chi connectivity index (χ3v) is 9.08. The summed E-state index contributed by atoms with van der Waals surface area (Å²) in [5.41, 5.74) is 0.725. The summed E-state index contributed by atoms with van der Waals surface area (Å²) in [6.07, 6.45) is 1.09. The summed E-state index contributed by atoms with van der Waals surface area (Å²) in [7, 11) is -4.43. The van der Waals surface area contributed by atoms with Gasteiger partial charge in [0.05, 0.1) is 15.7 Å². The smallest absolute Gasteiger partial charge is 0.243 e. The van der Waals surface area contributed by atoms with E-state index in [9.17, 15) is 26.0 Å². The lowest BCUT2D eigenvalue weighted by atomic mass is 9.99. The molecule has 1 aliphatic rings. The second-order valence-corrected chi connectivity index (χ2v) is 11.9. The molecule has 1 unspecified atom stereocenters. The Morgan fingerprint density at radius 3 is 2.22 bits per heavy atom. The van der Waals surface area contributed by atoms with Gasteiger partial charge >= 0.3 is 0 Å². The van der Waals surface area contributed by atoms with Crippen molar-refractivity contribution in [2.45, 2.75) is 29.2 Å². The SMILES string of the molecule is CN(C)S(=O)(=O)c1ccc(CNC(=O)C2CCCN(S(=O)(=O)c3ccc(F)cc3)C2)cc1. The number of carbonyl (C=O) groups is 1. The second kappa shape index (κ2) is 9.65. The van der Waals surface area contributed by atoms with Crippen LogP contribution in [0, 0.1) is 11.7 Å². The number of nitrogens with zero attached hydrogens (tertiary/aromatic N) is 2. The van der Waals surface area contributed by atoms with Gasteiger partial charge in [0.15, 0.2) is 0 Å². The summed E-state index contributed by atoms with van der Waals surface area (Å²) < 4.78 is 65.4. The summed E-state index contributed by atoms with van der Waals surface area (Å²) in [5, 5.41) is 2.80. The molecule has 0 bridgehead atoms. The standard InChI is InChI=1S/C21H26FN3O5S2/c1-24(2)31(27,28)19-9-5-16(6-10-19)14-23-21(26)17-4-3-13-25(15-17)32(29,30)20-11-7-18(22)8-12-20/h5-12,17H,3-4,13-15H2,1-2H3,(H,23,26). The third kappa shape index (κ3) is 5.34. The second-order valence-electron chi connectivity index (χ2n) is 7.81. The average molecular weight is 484 g/mol. The van der Waals surface area contributed by atoms with Gasteiger partial charge in [0.2, 0.25) is 26.0 Å². The molecule has 0 spiro atoms. The Bertz CT molecular complexity index is 1160. The Labute approximate surface area is 188 Å². The fourth-order valence-corrected chi connectivity index (χ4v) is 5.88. The van der Waals surface area contributed by atoms with Crippen LogP contribution in [0.15, 0.2) is 58.3 Å². The third-order valence-electron chi connectivity index (χ3n) is 5.37. The van der Waals surface area contributed by atoms with Crippen molar-refractivity contribution in [2.24, 2.45) is 5.92 Å². The van der Waals surface area contributed by atoms with Crippen LogP contribution in [-0.4, -0.2) is 58.5 Å². The van der Waals surface area contributed by atoms with E-state index in [1.54, 1.807) is 12.1 Å².